The zero-order valence-electron chi connectivity index (χ0n) is 12.3. The Labute approximate surface area is 124 Å². The smallest absolute Gasteiger partial charge is 0.171 e. The van der Waals surface area contributed by atoms with Crippen molar-refractivity contribution < 1.29 is 4.74 Å². The van der Waals surface area contributed by atoms with E-state index in [4.69, 9.17) is 22.1 Å². The predicted molar refractivity (Wildman–Crippen MR) is 81.6 cm³/mol. The molecular formula is C15H20ClN3O. The third-order valence-electron chi connectivity index (χ3n) is 3.21. The Bertz CT molecular complexity index is 620. The molecular weight excluding hydrogens is 274 g/mol. The van der Waals surface area contributed by atoms with Gasteiger partial charge in [0.25, 0.3) is 0 Å². The lowest BCUT2D eigenvalue weighted by molar-refractivity contribution is 0.474. The van der Waals surface area contributed by atoms with Crippen molar-refractivity contribution in [3.8, 4) is 11.5 Å². The van der Waals surface area contributed by atoms with E-state index >= 15 is 0 Å². The van der Waals surface area contributed by atoms with E-state index < -0.39 is 0 Å². The first-order valence-corrected chi connectivity index (χ1v) is 6.98. The van der Waals surface area contributed by atoms with Gasteiger partial charge in [-0.1, -0.05) is 17.7 Å². The molecule has 1 heterocycles. The van der Waals surface area contributed by atoms with Crippen LogP contribution in [0.15, 0.2) is 18.2 Å². The average molecular weight is 294 g/mol. The van der Waals surface area contributed by atoms with Crippen molar-refractivity contribution in [1.82, 2.24) is 9.78 Å². The number of benzene rings is 1. The molecule has 0 aliphatic rings. The molecule has 0 bridgehead atoms. The summed E-state index contributed by atoms with van der Waals surface area (Å²) < 4.78 is 7.70. The predicted octanol–water partition coefficient (Wildman–Crippen LogP) is 3.37. The summed E-state index contributed by atoms with van der Waals surface area (Å²) in [6.07, 6.45) is 0.797. The quantitative estimate of drug-likeness (QED) is 0.940. The average Bonchev–Trinajstić information content (AvgIpc) is 2.58. The fourth-order valence-corrected chi connectivity index (χ4v) is 2.38. The Balaban J connectivity index is 2.26. The molecule has 1 unspecified atom stereocenters. The van der Waals surface area contributed by atoms with Crippen molar-refractivity contribution >= 4 is 11.6 Å². The number of rotatable bonds is 4. The van der Waals surface area contributed by atoms with Crippen LogP contribution in [0.1, 0.15) is 23.9 Å². The van der Waals surface area contributed by atoms with E-state index in [-0.39, 0.29) is 6.04 Å². The monoisotopic (exact) mass is 293 g/mol. The largest absolute Gasteiger partial charge is 0.452 e. The number of aryl methyl sites for hydroxylation is 2. The molecule has 0 saturated heterocycles. The highest BCUT2D eigenvalue weighted by molar-refractivity contribution is 6.32. The van der Waals surface area contributed by atoms with Crippen LogP contribution in [-0.2, 0) is 13.5 Å². The first-order valence-electron chi connectivity index (χ1n) is 6.60. The molecule has 4 nitrogen and oxygen atoms in total. The summed E-state index contributed by atoms with van der Waals surface area (Å²) in [7, 11) is 1.89. The van der Waals surface area contributed by atoms with Crippen LogP contribution in [-0.4, -0.2) is 15.8 Å². The molecule has 0 fully saturated rings. The van der Waals surface area contributed by atoms with E-state index in [0.717, 1.165) is 29.1 Å². The maximum Gasteiger partial charge on any atom is 0.171 e. The topological polar surface area (TPSA) is 53.1 Å². The SMILES string of the molecule is Cc1nn(C)c(C)c1Oc1ccc(CC(C)N)cc1Cl. The van der Waals surface area contributed by atoms with Crippen molar-refractivity contribution in [2.75, 3.05) is 0 Å². The molecule has 0 saturated carbocycles. The molecule has 108 valence electrons. The molecule has 1 atom stereocenters. The Morgan fingerprint density at radius 3 is 2.60 bits per heavy atom. The molecule has 20 heavy (non-hydrogen) atoms. The fraction of sp³-hybridized carbons (Fsp3) is 0.400. The molecule has 0 spiro atoms. The van der Waals surface area contributed by atoms with E-state index in [9.17, 15) is 0 Å². The molecule has 1 aromatic carbocycles. The first kappa shape index (κ1) is 14.9. The molecule has 2 rings (SSSR count). The number of hydrogen-bond acceptors (Lipinski definition) is 3. The Morgan fingerprint density at radius 1 is 1.40 bits per heavy atom. The van der Waals surface area contributed by atoms with Crippen molar-refractivity contribution in [3.63, 3.8) is 0 Å². The summed E-state index contributed by atoms with van der Waals surface area (Å²) in [5, 5.41) is 4.91. The van der Waals surface area contributed by atoms with Crippen LogP contribution in [0.3, 0.4) is 0 Å². The highest BCUT2D eigenvalue weighted by Gasteiger charge is 2.13. The van der Waals surface area contributed by atoms with E-state index in [1.165, 1.54) is 0 Å². The van der Waals surface area contributed by atoms with E-state index in [2.05, 4.69) is 5.10 Å². The van der Waals surface area contributed by atoms with Crippen LogP contribution < -0.4 is 10.5 Å². The van der Waals surface area contributed by atoms with Crippen LogP contribution >= 0.6 is 11.6 Å². The lowest BCUT2D eigenvalue weighted by Gasteiger charge is -2.10. The van der Waals surface area contributed by atoms with Crippen molar-refractivity contribution in [3.05, 3.63) is 40.2 Å². The van der Waals surface area contributed by atoms with Gasteiger partial charge in [0.05, 0.1) is 10.7 Å². The van der Waals surface area contributed by atoms with Crippen molar-refractivity contribution in [2.45, 2.75) is 33.2 Å². The number of hydrogen-bond donors (Lipinski definition) is 1. The second-order valence-corrected chi connectivity index (χ2v) is 5.58. The molecule has 0 amide bonds. The minimum Gasteiger partial charge on any atom is -0.452 e. The zero-order valence-corrected chi connectivity index (χ0v) is 13.0. The molecule has 2 aromatic rings. The van der Waals surface area contributed by atoms with Crippen LogP contribution in [0.25, 0.3) is 0 Å². The highest BCUT2D eigenvalue weighted by Crippen LogP contribution is 2.33. The standard InChI is InChI=1S/C15H20ClN3O/c1-9(17)7-12-5-6-14(13(16)8-12)20-15-10(2)18-19(4)11(15)3/h5-6,8-9H,7,17H2,1-4H3. The molecule has 0 aliphatic carbocycles. The maximum absolute atomic E-state index is 6.28. The van der Waals surface area contributed by atoms with Gasteiger partial charge >= 0.3 is 0 Å². The van der Waals surface area contributed by atoms with E-state index in [1.807, 2.05) is 46.0 Å². The fourth-order valence-electron chi connectivity index (χ4n) is 2.14. The van der Waals surface area contributed by atoms with Gasteiger partial charge in [0.1, 0.15) is 11.4 Å². The minimum absolute atomic E-state index is 0.112. The van der Waals surface area contributed by atoms with Crippen LogP contribution in [0.5, 0.6) is 11.5 Å². The van der Waals surface area contributed by atoms with Crippen molar-refractivity contribution in [2.24, 2.45) is 12.8 Å². The van der Waals surface area contributed by atoms with E-state index in [0.29, 0.717) is 10.8 Å². The highest BCUT2D eigenvalue weighted by atomic mass is 35.5. The van der Waals surface area contributed by atoms with Gasteiger partial charge < -0.3 is 10.5 Å². The van der Waals surface area contributed by atoms with Gasteiger partial charge in [0.15, 0.2) is 5.75 Å². The Kier molecular flexibility index (Phi) is 4.35. The lowest BCUT2D eigenvalue weighted by Crippen LogP contribution is -2.17. The second kappa shape index (κ2) is 5.85. The number of halogens is 1. The third-order valence-corrected chi connectivity index (χ3v) is 3.50. The van der Waals surface area contributed by atoms with Gasteiger partial charge in [-0.25, -0.2) is 0 Å². The van der Waals surface area contributed by atoms with Gasteiger partial charge in [0.2, 0.25) is 0 Å². The molecule has 2 N–H and O–H groups in total. The van der Waals surface area contributed by atoms with Gasteiger partial charge in [-0.2, -0.15) is 5.10 Å². The van der Waals surface area contributed by atoms with Gasteiger partial charge in [0, 0.05) is 13.1 Å². The van der Waals surface area contributed by atoms with Crippen LogP contribution in [0, 0.1) is 13.8 Å². The van der Waals surface area contributed by atoms with Crippen LogP contribution in [0.4, 0.5) is 0 Å². The molecule has 1 aromatic heterocycles. The summed E-state index contributed by atoms with van der Waals surface area (Å²) in [5.74, 6) is 1.40. The van der Waals surface area contributed by atoms with Gasteiger partial charge in [-0.05, 0) is 44.9 Å². The molecule has 0 aliphatic heterocycles. The lowest BCUT2D eigenvalue weighted by atomic mass is 10.1. The third kappa shape index (κ3) is 3.14. The Morgan fingerprint density at radius 2 is 2.10 bits per heavy atom. The Hall–Kier alpha value is -1.52. The number of ether oxygens (including phenoxy) is 1. The second-order valence-electron chi connectivity index (χ2n) is 5.17. The number of nitrogens with zero attached hydrogens (tertiary/aromatic N) is 2. The summed E-state index contributed by atoms with van der Waals surface area (Å²) in [4.78, 5) is 0. The summed E-state index contributed by atoms with van der Waals surface area (Å²) in [5.41, 5.74) is 8.72. The van der Waals surface area contributed by atoms with Crippen molar-refractivity contribution in [1.29, 1.82) is 0 Å². The molecule has 0 radical (unpaired) electrons. The minimum atomic E-state index is 0.112. The van der Waals surface area contributed by atoms with Gasteiger partial charge in [-0.3, -0.25) is 4.68 Å². The molecule has 5 heteroatoms. The summed E-state index contributed by atoms with van der Waals surface area (Å²) in [6.45, 7) is 5.86. The first-order chi connectivity index (χ1) is 9.38. The normalized spacial score (nSPS) is 12.5. The summed E-state index contributed by atoms with van der Waals surface area (Å²) >= 11 is 6.28. The maximum atomic E-state index is 6.28. The summed E-state index contributed by atoms with van der Waals surface area (Å²) in [6, 6.07) is 5.89. The van der Waals surface area contributed by atoms with Gasteiger partial charge in [-0.15, -0.1) is 0 Å². The zero-order chi connectivity index (χ0) is 14.9. The number of nitrogens with two attached hydrogens (primary N) is 1. The van der Waals surface area contributed by atoms with Crippen LogP contribution in [0.2, 0.25) is 5.02 Å². The number of aromatic nitrogens is 2. The van der Waals surface area contributed by atoms with E-state index in [1.54, 1.807) is 4.68 Å².